The normalized spacial score (nSPS) is 10.1. The number of rotatable bonds is 5. The van der Waals surface area contributed by atoms with E-state index in [2.05, 4.69) is 44.0 Å². The first-order chi connectivity index (χ1) is 13.8. The molecule has 0 saturated heterocycles. The van der Waals surface area contributed by atoms with Crippen LogP contribution in [0.1, 0.15) is 18.1 Å². The molecule has 0 heterocycles. The van der Waals surface area contributed by atoms with Crippen molar-refractivity contribution in [2.75, 3.05) is 13.7 Å². The van der Waals surface area contributed by atoms with Crippen molar-refractivity contribution in [2.24, 2.45) is 0 Å². The highest BCUT2D eigenvalue weighted by molar-refractivity contribution is 9.10. The molecule has 0 atom stereocenters. The molecule has 7 heteroatoms. The van der Waals surface area contributed by atoms with Gasteiger partial charge in [-0.15, -0.1) is 0 Å². The summed E-state index contributed by atoms with van der Waals surface area (Å²) in [6, 6.07) is 16.8. The van der Waals surface area contributed by atoms with Crippen LogP contribution in [0.4, 0.5) is 0 Å². The zero-order valence-electron chi connectivity index (χ0n) is 15.9. The van der Waals surface area contributed by atoms with Crippen LogP contribution in [-0.4, -0.2) is 18.8 Å². The lowest BCUT2D eigenvalue weighted by molar-refractivity contribution is 0.340. The molecule has 0 radical (unpaired) electrons. The number of methoxy groups -OCH3 is 1. The Bertz CT molecular complexity index is 948. The van der Waals surface area contributed by atoms with Crippen molar-refractivity contribution < 1.29 is 14.6 Å². The maximum Gasteiger partial charge on any atom is 0.134 e. The fraction of sp³-hybridized carbons (Fsp3) is 0.182. The van der Waals surface area contributed by atoms with Crippen molar-refractivity contribution in [3.63, 3.8) is 0 Å². The second-order valence-electron chi connectivity index (χ2n) is 5.93. The van der Waals surface area contributed by atoms with E-state index in [0.717, 1.165) is 28.0 Å². The molecule has 0 amide bonds. The summed E-state index contributed by atoms with van der Waals surface area (Å²) in [4.78, 5) is 0. The van der Waals surface area contributed by atoms with Crippen LogP contribution in [0.3, 0.4) is 0 Å². The molecular weight excluding hydrogens is 543 g/mol. The Balaban J connectivity index is 0.000000278. The van der Waals surface area contributed by atoms with Crippen LogP contribution in [-0.2, 0) is 6.42 Å². The van der Waals surface area contributed by atoms with Crippen LogP contribution in [0.5, 0.6) is 17.2 Å². The summed E-state index contributed by atoms with van der Waals surface area (Å²) in [7, 11) is 1.63. The molecule has 3 aromatic carbocycles. The molecule has 0 aliphatic rings. The largest absolute Gasteiger partial charge is 0.507 e. The van der Waals surface area contributed by atoms with Gasteiger partial charge in [0.05, 0.1) is 22.7 Å². The third-order valence-corrected chi connectivity index (χ3v) is 5.74. The first kappa shape index (κ1) is 23.9. The number of phenolic OH excluding ortho intramolecular Hbond substituents is 1. The summed E-state index contributed by atoms with van der Waals surface area (Å²) in [5.41, 5.74) is 2.25. The highest BCUT2D eigenvalue weighted by Crippen LogP contribution is 2.32. The SMILES string of the molecule is CCOc1ccc(Cc2cc(Br)c(OC)cc2Cl)cc1.Oc1cc(Cl)ccc1Br. The summed E-state index contributed by atoms with van der Waals surface area (Å²) >= 11 is 18.4. The van der Waals surface area contributed by atoms with Crippen LogP contribution < -0.4 is 9.47 Å². The smallest absolute Gasteiger partial charge is 0.134 e. The number of aromatic hydroxyl groups is 1. The molecule has 0 fully saturated rings. The first-order valence-corrected chi connectivity index (χ1v) is 11.1. The van der Waals surface area contributed by atoms with E-state index in [1.807, 2.05) is 31.2 Å². The molecular formula is C22H20Br2Cl2O3. The fourth-order valence-corrected chi connectivity index (χ4v) is 3.62. The number of benzene rings is 3. The minimum Gasteiger partial charge on any atom is -0.507 e. The van der Waals surface area contributed by atoms with E-state index in [4.69, 9.17) is 37.8 Å². The second-order valence-corrected chi connectivity index (χ2v) is 8.48. The van der Waals surface area contributed by atoms with Gasteiger partial charge >= 0.3 is 0 Å². The average Bonchev–Trinajstić information content (AvgIpc) is 2.70. The van der Waals surface area contributed by atoms with Gasteiger partial charge in [-0.1, -0.05) is 35.3 Å². The number of hydrogen-bond acceptors (Lipinski definition) is 3. The molecule has 3 rings (SSSR count). The van der Waals surface area contributed by atoms with Gasteiger partial charge in [0, 0.05) is 16.1 Å². The fourth-order valence-electron chi connectivity index (χ4n) is 2.44. The number of hydrogen-bond donors (Lipinski definition) is 1. The van der Waals surface area contributed by atoms with Crippen molar-refractivity contribution in [1.29, 1.82) is 0 Å². The molecule has 154 valence electrons. The van der Waals surface area contributed by atoms with Gasteiger partial charge in [0.15, 0.2) is 0 Å². The van der Waals surface area contributed by atoms with Gasteiger partial charge in [0.2, 0.25) is 0 Å². The topological polar surface area (TPSA) is 38.7 Å². The summed E-state index contributed by atoms with van der Waals surface area (Å²) in [5, 5.41) is 10.2. The monoisotopic (exact) mass is 560 g/mol. The quantitative estimate of drug-likeness (QED) is 0.343. The third-order valence-electron chi connectivity index (χ3n) is 3.86. The lowest BCUT2D eigenvalue weighted by Crippen LogP contribution is -1.94. The molecule has 0 aliphatic carbocycles. The van der Waals surface area contributed by atoms with Crippen LogP contribution in [0, 0.1) is 0 Å². The average molecular weight is 563 g/mol. The van der Waals surface area contributed by atoms with Crippen molar-refractivity contribution >= 4 is 55.1 Å². The minimum absolute atomic E-state index is 0.169. The number of phenols is 1. The summed E-state index contributed by atoms with van der Waals surface area (Å²) in [6.45, 7) is 2.65. The van der Waals surface area contributed by atoms with E-state index >= 15 is 0 Å². The van der Waals surface area contributed by atoms with E-state index in [0.29, 0.717) is 21.1 Å². The standard InChI is InChI=1S/C16H16BrClO2.C6H4BrClO/c1-3-20-13-6-4-11(5-7-13)8-12-9-14(17)16(19-2)10-15(12)18;7-5-2-1-4(8)3-6(5)9/h4-7,9-10H,3,8H2,1-2H3;1-3,9H. The van der Waals surface area contributed by atoms with Gasteiger partial charge in [-0.2, -0.15) is 0 Å². The molecule has 29 heavy (non-hydrogen) atoms. The molecule has 0 bridgehead atoms. The zero-order chi connectivity index (χ0) is 21.4. The maximum atomic E-state index is 8.97. The van der Waals surface area contributed by atoms with Gasteiger partial charge in [0.1, 0.15) is 17.2 Å². The van der Waals surface area contributed by atoms with Gasteiger partial charge in [-0.05, 0) is 92.7 Å². The van der Waals surface area contributed by atoms with Gasteiger partial charge in [-0.25, -0.2) is 0 Å². The summed E-state index contributed by atoms with van der Waals surface area (Å²) in [5.74, 6) is 1.80. The number of halogens is 4. The lowest BCUT2D eigenvalue weighted by atomic mass is 10.0. The Morgan fingerprint density at radius 2 is 1.62 bits per heavy atom. The Kier molecular flexibility index (Phi) is 9.63. The Hall–Kier alpha value is -1.40. The molecule has 0 aromatic heterocycles. The van der Waals surface area contributed by atoms with E-state index in [1.54, 1.807) is 19.2 Å². The molecule has 0 spiro atoms. The molecule has 0 saturated carbocycles. The number of ether oxygens (including phenoxy) is 2. The van der Waals surface area contributed by atoms with Crippen molar-refractivity contribution in [2.45, 2.75) is 13.3 Å². The van der Waals surface area contributed by atoms with E-state index < -0.39 is 0 Å². The van der Waals surface area contributed by atoms with Crippen molar-refractivity contribution in [3.8, 4) is 17.2 Å². The van der Waals surface area contributed by atoms with Crippen LogP contribution >= 0.6 is 55.1 Å². The predicted octanol–water partition coefficient (Wildman–Crippen LogP) is 7.91. The second kappa shape index (κ2) is 11.7. The molecule has 3 aromatic rings. The lowest BCUT2D eigenvalue weighted by Gasteiger charge is -2.10. The van der Waals surface area contributed by atoms with Gasteiger partial charge in [0.25, 0.3) is 0 Å². The minimum atomic E-state index is 0.169. The van der Waals surface area contributed by atoms with Crippen molar-refractivity contribution in [1.82, 2.24) is 0 Å². The first-order valence-electron chi connectivity index (χ1n) is 8.71. The summed E-state index contributed by atoms with van der Waals surface area (Å²) < 4.78 is 12.2. The third kappa shape index (κ3) is 7.41. The van der Waals surface area contributed by atoms with Crippen LogP contribution in [0.15, 0.2) is 63.5 Å². The molecule has 3 nitrogen and oxygen atoms in total. The van der Waals surface area contributed by atoms with Crippen LogP contribution in [0.25, 0.3) is 0 Å². The zero-order valence-corrected chi connectivity index (χ0v) is 20.6. The molecule has 0 unspecified atom stereocenters. The molecule has 1 N–H and O–H groups in total. The summed E-state index contributed by atoms with van der Waals surface area (Å²) in [6.07, 6.45) is 0.772. The van der Waals surface area contributed by atoms with Gasteiger partial charge in [-0.3, -0.25) is 0 Å². The Morgan fingerprint density at radius 3 is 2.17 bits per heavy atom. The van der Waals surface area contributed by atoms with E-state index in [-0.39, 0.29) is 5.75 Å². The van der Waals surface area contributed by atoms with Gasteiger partial charge < -0.3 is 14.6 Å². The molecule has 0 aliphatic heterocycles. The van der Waals surface area contributed by atoms with E-state index in [9.17, 15) is 0 Å². The predicted molar refractivity (Wildman–Crippen MR) is 127 cm³/mol. The highest BCUT2D eigenvalue weighted by atomic mass is 79.9. The highest BCUT2D eigenvalue weighted by Gasteiger charge is 2.08. The van der Waals surface area contributed by atoms with E-state index in [1.165, 1.54) is 11.6 Å². The Labute approximate surface area is 197 Å². The van der Waals surface area contributed by atoms with Crippen molar-refractivity contribution in [3.05, 3.63) is 84.7 Å². The Morgan fingerprint density at radius 1 is 0.931 bits per heavy atom. The van der Waals surface area contributed by atoms with Crippen LogP contribution in [0.2, 0.25) is 10.0 Å². The maximum absolute atomic E-state index is 8.97.